The Labute approximate surface area is 88.3 Å². The fraction of sp³-hybridized carbons (Fsp3) is 0.600. The van der Waals surface area contributed by atoms with Gasteiger partial charge in [-0.1, -0.05) is 6.92 Å². The predicted octanol–water partition coefficient (Wildman–Crippen LogP) is -0.127. The molecular weight excluding hydrogens is 194 g/mol. The first kappa shape index (κ1) is 10.2. The first-order valence-corrected chi connectivity index (χ1v) is 5.03. The smallest absolute Gasteiger partial charge is 0.274 e. The molecular formula is C10H15N3O2. The van der Waals surface area contributed by atoms with E-state index >= 15 is 0 Å². The fourth-order valence-electron chi connectivity index (χ4n) is 1.80. The zero-order chi connectivity index (χ0) is 11.0. The van der Waals surface area contributed by atoms with Gasteiger partial charge in [0.2, 0.25) is 0 Å². The van der Waals surface area contributed by atoms with Gasteiger partial charge in [0.05, 0.1) is 12.4 Å². The summed E-state index contributed by atoms with van der Waals surface area (Å²) in [5.74, 6) is 0.0525. The summed E-state index contributed by atoms with van der Waals surface area (Å²) in [7, 11) is 1.82. The summed E-state index contributed by atoms with van der Waals surface area (Å²) in [5, 5.41) is 9.55. The summed E-state index contributed by atoms with van der Waals surface area (Å²) < 4.78 is 1.74. The minimum absolute atomic E-state index is 0.0981. The highest BCUT2D eigenvalue weighted by atomic mass is 16.3. The van der Waals surface area contributed by atoms with E-state index < -0.39 is 6.10 Å². The van der Waals surface area contributed by atoms with Crippen LogP contribution in [0.3, 0.4) is 0 Å². The monoisotopic (exact) mass is 209 g/mol. The van der Waals surface area contributed by atoms with Gasteiger partial charge in [0.15, 0.2) is 0 Å². The maximum atomic E-state index is 11.9. The van der Waals surface area contributed by atoms with Crippen LogP contribution in [-0.4, -0.2) is 44.7 Å². The lowest BCUT2D eigenvalue weighted by atomic mass is 10.1. The lowest BCUT2D eigenvalue weighted by Crippen LogP contribution is -2.29. The molecule has 0 bridgehead atoms. The summed E-state index contributed by atoms with van der Waals surface area (Å²) in [6, 6.07) is 0. The maximum Gasteiger partial charge on any atom is 0.274 e. The Kier molecular flexibility index (Phi) is 2.48. The molecule has 0 aromatic carbocycles. The van der Waals surface area contributed by atoms with E-state index in [1.165, 1.54) is 0 Å². The van der Waals surface area contributed by atoms with Crippen molar-refractivity contribution in [2.24, 2.45) is 13.0 Å². The van der Waals surface area contributed by atoms with Crippen LogP contribution in [0.5, 0.6) is 0 Å². The van der Waals surface area contributed by atoms with E-state index in [0.717, 1.165) is 0 Å². The van der Waals surface area contributed by atoms with Crippen molar-refractivity contribution in [2.75, 3.05) is 13.1 Å². The number of carbonyl (C=O) groups is 1. The fourth-order valence-corrected chi connectivity index (χ4v) is 1.80. The quantitative estimate of drug-likeness (QED) is 0.701. The van der Waals surface area contributed by atoms with Crippen LogP contribution < -0.4 is 0 Å². The topological polar surface area (TPSA) is 58.4 Å². The molecule has 5 heteroatoms. The predicted molar refractivity (Wildman–Crippen MR) is 54.3 cm³/mol. The number of rotatable bonds is 1. The van der Waals surface area contributed by atoms with E-state index in [4.69, 9.17) is 0 Å². The van der Waals surface area contributed by atoms with Crippen LogP contribution in [0, 0.1) is 5.92 Å². The third-order valence-electron chi connectivity index (χ3n) is 2.78. The van der Waals surface area contributed by atoms with Crippen molar-refractivity contribution < 1.29 is 9.90 Å². The largest absolute Gasteiger partial charge is 0.391 e. The molecule has 0 saturated carbocycles. The molecule has 2 atom stereocenters. The third-order valence-corrected chi connectivity index (χ3v) is 2.78. The van der Waals surface area contributed by atoms with Gasteiger partial charge in [-0.15, -0.1) is 0 Å². The van der Waals surface area contributed by atoms with E-state index in [0.29, 0.717) is 18.8 Å². The van der Waals surface area contributed by atoms with Crippen molar-refractivity contribution in [3.8, 4) is 0 Å². The van der Waals surface area contributed by atoms with E-state index in [1.54, 1.807) is 22.0 Å². The molecule has 1 amide bonds. The highest BCUT2D eigenvalue weighted by Gasteiger charge is 2.31. The van der Waals surface area contributed by atoms with Crippen LogP contribution in [0.4, 0.5) is 0 Å². The van der Waals surface area contributed by atoms with Gasteiger partial charge in [0.1, 0.15) is 5.69 Å². The first-order chi connectivity index (χ1) is 7.08. The molecule has 5 nitrogen and oxygen atoms in total. The number of carbonyl (C=O) groups excluding carboxylic acids is 1. The number of nitrogens with zero attached hydrogens (tertiary/aromatic N) is 3. The van der Waals surface area contributed by atoms with Crippen LogP contribution in [-0.2, 0) is 7.05 Å². The number of β-amino-alcohol motifs (C(OH)–C–C–N with tert-alkyl or cyclic N) is 1. The number of aromatic nitrogens is 2. The van der Waals surface area contributed by atoms with Gasteiger partial charge in [-0.05, 0) is 0 Å². The molecule has 1 saturated heterocycles. The average molecular weight is 209 g/mol. The van der Waals surface area contributed by atoms with Gasteiger partial charge < -0.3 is 14.6 Å². The Morgan fingerprint density at radius 1 is 1.60 bits per heavy atom. The second-order valence-corrected chi connectivity index (χ2v) is 4.18. The second-order valence-electron chi connectivity index (χ2n) is 4.18. The van der Waals surface area contributed by atoms with Gasteiger partial charge in [0.25, 0.3) is 5.91 Å². The lowest BCUT2D eigenvalue weighted by Gasteiger charge is -2.13. The summed E-state index contributed by atoms with van der Waals surface area (Å²) >= 11 is 0. The van der Waals surface area contributed by atoms with Crippen LogP contribution >= 0.6 is 0 Å². The van der Waals surface area contributed by atoms with Gasteiger partial charge in [-0.2, -0.15) is 0 Å². The number of aliphatic hydroxyl groups excluding tert-OH is 1. The molecule has 1 fully saturated rings. The second kappa shape index (κ2) is 3.66. The first-order valence-electron chi connectivity index (χ1n) is 5.03. The zero-order valence-electron chi connectivity index (χ0n) is 8.92. The van der Waals surface area contributed by atoms with E-state index in [1.807, 2.05) is 14.0 Å². The van der Waals surface area contributed by atoms with E-state index in [-0.39, 0.29) is 11.8 Å². The number of hydrogen-bond acceptors (Lipinski definition) is 3. The highest BCUT2D eigenvalue weighted by molar-refractivity contribution is 5.92. The summed E-state index contributed by atoms with van der Waals surface area (Å²) in [6.45, 7) is 2.96. The number of likely N-dealkylation sites (tertiary alicyclic amines) is 1. The number of amides is 1. The zero-order valence-corrected chi connectivity index (χ0v) is 8.92. The molecule has 82 valence electrons. The third kappa shape index (κ3) is 1.87. The molecule has 1 aromatic heterocycles. The molecule has 1 aliphatic heterocycles. The molecule has 0 radical (unpaired) electrons. The van der Waals surface area contributed by atoms with Gasteiger partial charge in [-0.3, -0.25) is 4.79 Å². The Morgan fingerprint density at radius 3 is 2.80 bits per heavy atom. The molecule has 0 spiro atoms. The van der Waals surface area contributed by atoms with Crippen LogP contribution in [0.1, 0.15) is 17.4 Å². The van der Waals surface area contributed by atoms with Crippen molar-refractivity contribution >= 4 is 5.91 Å². The van der Waals surface area contributed by atoms with Gasteiger partial charge in [-0.25, -0.2) is 4.98 Å². The molecule has 1 aromatic rings. The van der Waals surface area contributed by atoms with Crippen molar-refractivity contribution in [1.29, 1.82) is 0 Å². The summed E-state index contributed by atoms with van der Waals surface area (Å²) in [4.78, 5) is 17.5. The van der Waals surface area contributed by atoms with Crippen LogP contribution in [0.2, 0.25) is 0 Å². The number of aryl methyl sites for hydroxylation is 1. The molecule has 1 N–H and O–H groups in total. The average Bonchev–Trinajstić information content (AvgIpc) is 2.74. The van der Waals surface area contributed by atoms with Crippen LogP contribution in [0.15, 0.2) is 12.5 Å². The summed E-state index contributed by atoms with van der Waals surface area (Å²) in [6.07, 6.45) is 2.89. The van der Waals surface area contributed by atoms with Crippen molar-refractivity contribution in [3.63, 3.8) is 0 Å². The molecule has 1 aliphatic rings. The minimum atomic E-state index is -0.405. The summed E-state index contributed by atoms with van der Waals surface area (Å²) in [5.41, 5.74) is 0.443. The van der Waals surface area contributed by atoms with Crippen LogP contribution in [0.25, 0.3) is 0 Å². The van der Waals surface area contributed by atoms with Gasteiger partial charge >= 0.3 is 0 Å². The highest BCUT2D eigenvalue weighted by Crippen LogP contribution is 2.17. The van der Waals surface area contributed by atoms with Crippen molar-refractivity contribution in [3.05, 3.63) is 18.2 Å². The molecule has 15 heavy (non-hydrogen) atoms. The molecule has 2 rings (SSSR count). The maximum absolute atomic E-state index is 11.9. The molecule has 2 heterocycles. The van der Waals surface area contributed by atoms with E-state index in [2.05, 4.69) is 4.98 Å². The lowest BCUT2D eigenvalue weighted by molar-refractivity contribution is 0.0759. The molecule has 1 unspecified atom stereocenters. The Hall–Kier alpha value is -1.36. The number of hydrogen-bond donors (Lipinski definition) is 1. The number of aliphatic hydroxyl groups is 1. The minimum Gasteiger partial charge on any atom is -0.391 e. The van der Waals surface area contributed by atoms with E-state index in [9.17, 15) is 9.90 Å². The Balaban J connectivity index is 2.10. The Bertz CT molecular complexity index is 364. The van der Waals surface area contributed by atoms with Crippen molar-refractivity contribution in [1.82, 2.24) is 14.5 Å². The van der Waals surface area contributed by atoms with Gasteiger partial charge in [0, 0.05) is 32.3 Å². The number of imidazole rings is 1. The van der Waals surface area contributed by atoms with Crippen molar-refractivity contribution in [2.45, 2.75) is 13.0 Å². The Morgan fingerprint density at radius 2 is 2.33 bits per heavy atom. The standard InChI is InChI=1S/C10H15N3O2/c1-7-3-13(5-9(7)14)10(15)8-4-12(2)6-11-8/h4,6-7,9,14H,3,5H2,1-2H3/t7-,9?/m0/s1. The molecule has 0 aliphatic carbocycles. The normalized spacial score (nSPS) is 25.9. The SMILES string of the molecule is C[C@H]1CN(C(=O)c2cn(C)cn2)CC1O.